The van der Waals surface area contributed by atoms with Crippen molar-refractivity contribution in [1.29, 1.82) is 0 Å². The normalized spacial score (nSPS) is 43.7. The zero-order valence-electron chi connectivity index (χ0n) is 16.9. The summed E-state index contributed by atoms with van der Waals surface area (Å²) in [6.45, 7) is 5.77. The van der Waals surface area contributed by atoms with Gasteiger partial charge in [-0.05, 0) is 98.7 Å². The maximum absolute atomic E-state index is 13.1. The number of halogens is 1. The van der Waals surface area contributed by atoms with E-state index in [-0.39, 0.29) is 6.67 Å². The molecule has 6 unspecified atom stereocenters. The third-order valence-electron chi connectivity index (χ3n) is 8.72. The van der Waals surface area contributed by atoms with Crippen LogP contribution >= 0.6 is 0 Å². The summed E-state index contributed by atoms with van der Waals surface area (Å²) in [5.41, 5.74) is 0.582. The van der Waals surface area contributed by atoms with Gasteiger partial charge < -0.3 is 4.74 Å². The first-order valence-electron chi connectivity index (χ1n) is 11.2. The fraction of sp³-hybridized carbons (Fsp3) is 1.00. The van der Waals surface area contributed by atoms with E-state index in [0.29, 0.717) is 11.3 Å². The summed E-state index contributed by atoms with van der Waals surface area (Å²) in [5.74, 6) is 5.21. The Kier molecular flexibility index (Phi) is 6.85. The van der Waals surface area contributed by atoms with Gasteiger partial charge in [0.2, 0.25) is 0 Å². The molecule has 0 N–H and O–H groups in total. The molecule has 25 heavy (non-hydrogen) atoms. The van der Waals surface area contributed by atoms with Crippen LogP contribution in [0.25, 0.3) is 0 Å². The molecule has 0 amide bonds. The first-order chi connectivity index (χ1) is 12.2. The standard InChI is InChI=1S/C23H41FO/c1-4-6-19-17(13-15-24)8-10-21-20(19)12-14-23(2)18(7-5-16-25-3)9-11-22(21)23/h17-22H,4-16H2,1-3H3/t17?,18?,19-,20?,21?,22?,23?/m0/s1. The fourth-order valence-corrected chi connectivity index (χ4v) is 7.57. The Morgan fingerprint density at radius 3 is 2.56 bits per heavy atom. The van der Waals surface area contributed by atoms with Gasteiger partial charge in [0.05, 0.1) is 6.67 Å². The van der Waals surface area contributed by atoms with Gasteiger partial charge in [-0.1, -0.05) is 26.7 Å². The summed E-state index contributed by atoms with van der Waals surface area (Å²) >= 11 is 0. The van der Waals surface area contributed by atoms with Crippen LogP contribution in [0.4, 0.5) is 4.39 Å². The highest BCUT2D eigenvalue weighted by Gasteiger charge is 2.55. The van der Waals surface area contributed by atoms with E-state index in [4.69, 9.17) is 4.74 Å². The molecule has 2 heteroatoms. The van der Waals surface area contributed by atoms with Crippen LogP contribution in [0.3, 0.4) is 0 Å². The van der Waals surface area contributed by atoms with Crippen molar-refractivity contribution in [3.63, 3.8) is 0 Å². The lowest BCUT2D eigenvalue weighted by Crippen LogP contribution is -2.47. The van der Waals surface area contributed by atoms with Crippen molar-refractivity contribution in [2.45, 2.75) is 84.5 Å². The van der Waals surface area contributed by atoms with E-state index in [1.807, 2.05) is 7.11 Å². The van der Waals surface area contributed by atoms with Gasteiger partial charge in [-0.3, -0.25) is 4.39 Å². The Morgan fingerprint density at radius 2 is 1.84 bits per heavy atom. The maximum atomic E-state index is 13.1. The Balaban J connectivity index is 1.70. The minimum Gasteiger partial charge on any atom is -0.385 e. The van der Waals surface area contributed by atoms with E-state index in [2.05, 4.69) is 13.8 Å². The molecule has 1 nitrogen and oxygen atoms in total. The first-order valence-corrected chi connectivity index (χ1v) is 11.2. The van der Waals surface area contributed by atoms with E-state index < -0.39 is 0 Å². The van der Waals surface area contributed by atoms with Gasteiger partial charge in [-0.25, -0.2) is 0 Å². The van der Waals surface area contributed by atoms with Gasteiger partial charge in [0.1, 0.15) is 0 Å². The largest absolute Gasteiger partial charge is 0.385 e. The lowest BCUT2D eigenvalue weighted by atomic mass is 9.50. The zero-order chi connectivity index (χ0) is 17.9. The summed E-state index contributed by atoms with van der Waals surface area (Å²) in [6.07, 6.45) is 14.5. The minimum atomic E-state index is -0.106. The highest BCUT2D eigenvalue weighted by Crippen LogP contribution is 2.64. The SMILES string of the molecule is CCC[C@H]1C(CCF)CCC2C1CCC1(C)C(CCCOC)CCC21. The van der Waals surface area contributed by atoms with Crippen molar-refractivity contribution in [3.05, 3.63) is 0 Å². The van der Waals surface area contributed by atoms with Gasteiger partial charge in [-0.15, -0.1) is 0 Å². The second kappa shape index (κ2) is 8.72. The van der Waals surface area contributed by atoms with Gasteiger partial charge in [0.25, 0.3) is 0 Å². The molecule has 0 aromatic heterocycles. The average Bonchev–Trinajstić information content (AvgIpc) is 2.94. The molecule has 3 aliphatic rings. The Morgan fingerprint density at radius 1 is 1.00 bits per heavy atom. The van der Waals surface area contributed by atoms with Crippen molar-refractivity contribution in [2.75, 3.05) is 20.4 Å². The van der Waals surface area contributed by atoms with E-state index in [1.54, 1.807) is 0 Å². The van der Waals surface area contributed by atoms with Crippen LogP contribution in [-0.4, -0.2) is 20.4 Å². The van der Waals surface area contributed by atoms with Gasteiger partial charge >= 0.3 is 0 Å². The predicted octanol–water partition coefficient (Wildman–Crippen LogP) is 6.66. The van der Waals surface area contributed by atoms with Crippen LogP contribution < -0.4 is 0 Å². The Labute approximate surface area is 155 Å². The topological polar surface area (TPSA) is 9.23 Å². The Bertz CT molecular complexity index is 411. The molecule has 3 fully saturated rings. The minimum absolute atomic E-state index is 0.106. The van der Waals surface area contributed by atoms with E-state index in [0.717, 1.165) is 42.6 Å². The number of rotatable bonds is 8. The summed E-state index contributed by atoms with van der Waals surface area (Å²) in [6, 6.07) is 0. The monoisotopic (exact) mass is 352 g/mol. The van der Waals surface area contributed by atoms with Crippen LogP contribution in [-0.2, 0) is 4.74 Å². The summed E-state index contributed by atoms with van der Waals surface area (Å²) in [5, 5.41) is 0. The summed E-state index contributed by atoms with van der Waals surface area (Å²) in [4.78, 5) is 0. The molecule has 7 atom stereocenters. The highest BCUT2D eigenvalue weighted by molar-refractivity contribution is 5.05. The molecule has 0 spiro atoms. The summed E-state index contributed by atoms with van der Waals surface area (Å²) < 4.78 is 18.4. The molecule has 3 aliphatic carbocycles. The molecule has 3 rings (SSSR count). The van der Waals surface area contributed by atoms with Gasteiger partial charge in [0.15, 0.2) is 0 Å². The van der Waals surface area contributed by atoms with Crippen molar-refractivity contribution in [1.82, 2.24) is 0 Å². The molecular weight excluding hydrogens is 311 g/mol. The Hall–Kier alpha value is -0.110. The van der Waals surface area contributed by atoms with Crippen LogP contribution in [0.5, 0.6) is 0 Å². The third kappa shape index (κ3) is 3.80. The second-order valence-corrected chi connectivity index (χ2v) is 9.66. The van der Waals surface area contributed by atoms with Crippen molar-refractivity contribution >= 4 is 0 Å². The van der Waals surface area contributed by atoms with Crippen molar-refractivity contribution in [2.24, 2.45) is 40.9 Å². The maximum Gasteiger partial charge on any atom is 0.0897 e. The third-order valence-corrected chi connectivity index (χ3v) is 8.72. The number of alkyl halides is 1. The average molecular weight is 353 g/mol. The molecule has 0 saturated heterocycles. The molecule has 0 aliphatic heterocycles. The molecular formula is C23H41FO. The van der Waals surface area contributed by atoms with Crippen LogP contribution in [0.1, 0.15) is 84.5 Å². The van der Waals surface area contributed by atoms with Crippen LogP contribution in [0.15, 0.2) is 0 Å². The fourth-order valence-electron chi connectivity index (χ4n) is 7.57. The van der Waals surface area contributed by atoms with Crippen molar-refractivity contribution < 1.29 is 9.13 Å². The lowest BCUT2D eigenvalue weighted by Gasteiger charge is -2.55. The number of methoxy groups -OCH3 is 1. The van der Waals surface area contributed by atoms with Crippen LogP contribution in [0.2, 0.25) is 0 Å². The first kappa shape index (κ1) is 19.6. The lowest BCUT2D eigenvalue weighted by molar-refractivity contribution is -0.0576. The van der Waals surface area contributed by atoms with E-state index in [1.165, 1.54) is 64.2 Å². The summed E-state index contributed by atoms with van der Waals surface area (Å²) in [7, 11) is 1.83. The molecule has 3 saturated carbocycles. The van der Waals surface area contributed by atoms with Crippen molar-refractivity contribution in [3.8, 4) is 0 Å². The zero-order valence-corrected chi connectivity index (χ0v) is 16.9. The molecule has 0 aromatic carbocycles. The number of fused-ring (bicyclic) bond motifs is 3. The van der Waals surface area contributed by atoms with Gasteiger partial charge in [-0.2, -0.15) is 0 Å². The number of hydrogen-bond acceptors (Lipinski definition) is 1. The predicted molar refractivity (Wildman–Crippen MR) is 103 cm³/mol. The molecule has 146 valence electrons. The molecule has 0 bridgehead atoms. The molecule has 0 heterocycles. The smallest absolute Gasteiger partial charge is 0.0897 e. The van der Waals surface area contributed by atoms with Crippen LogP contribution in [0, 0.1) is 40.9 Å². The molecule has 0 radical (unpaired) electrons. The quantitative estimate of drug-likeness (QED) is 0.444. The number of ether oxygens (including phenoxy) is 1. The van der Waals surface area contributed by atoms with E-state index in [9.17, 15) is 4.39 Å². The van der Waals surface area contributed by atoms with Gasteiger partial charge in [0, 0.05) is 13.7 Å². The second-order valence-electron chi connectivity index (χ2n) is 9.66. The number of hydrogen-bond donors (Lipinski definition) is 0. The van der Waals surface area contributed by atoms with E-state index >= 15 is 0 Å². The molecule has 0 aromatic rings. The highest BCUT2D eigenvalue weighted by atomic mass is 19.1.